The van der Waals surface area contributed by atoms with Gasteiger partial charge in [-0.2, -0.15) is 5.10 Å². The lowest BCUT2D eigenvalue weighted by Crippen LogP contribution is -2.15. The van der Waals surface area contributed by atoms with Crippen molar-refractivity contribution in [3.8, 4) is 17.2 Å². The second-order valence-corrected chi connectivity index (χ2v) is 7.36. The van der Waals surface area contributed by atoms with E-state index < -0.39 is 0 Å². The molecule has 0 spiro atoms. The summed E-state index contributed by atoms with van der Waals surface area (Å²) in [6, 6.07) is 13.4. The van der Waals surface area contributed by atoms with Crippen molar-refractivity contribution in [2.75, 3.05) is 18.5 Å². The van der Waals surface area contributed by atoms with Gasteiger partial charge in [-0.25, -0.2) is 9.67 Å². The zero-order chi connectivity index (χ0) is 19.1. The number of hydrogen-bond acceptors (Lipinski definition) is 6. The first kappa shape index (κ1) is 16.8. The SMILES string of the molecule is Cc1c(C(=O)Nc2nc3cc4c(cc3s2)OCCO4)cnn1-c1ccccc1. The Labute approximate surface area is 164 Å². The average Bonchev–Trinajstić information content (AvgIpc) is 3.29. The number of anilines is 1. The van der Waals surface area contributed by atoms with Crippen molar-refractivity contribution in [2.45, 2.75) is 6.92 Å². The fourth-order valence-electron chi connectivity index (χ4n) is 3.14. The first-order valence-electron chi connectivity index (χ1n) is 8.80. The van der Waals surface area contributed by atoms with Gasteiger partial charge < -0.3 is 9.47 Å². The Balaban J connectivity index is 1.42. The van der Waals surface area contributed by atoms with Gasteiger partial charge in [-0.05, 0) is 19.1 Å². The van der Waals surface area contributed by atoms with Crippen molar-refractivity contribution < 1.29 is 14.3 Å². The number of ether oxygens (including phenoxy) is 2. The summed E-state index contributed by atoms with van der Waals surface area (Å²) in [6.45, 7) is 2.93. The minimum atomic E-state index is -0.240. The number of aromatic nitrogens is 3. The molecule has 8 heteroatoms. The van der Waals surface area contributed by atoms with Crippen LogP contribution in [0, 0.1) is 6.92 Å². The van der Waals surface area contributed by atoms with E-state index in [0.717, 1.165) is 21.6 Å². The summed E-state index contributed by atoms with van der Waals surface area (Å²) in [5, 5.41) is 7.75. The molecule has 1 N–H and O–H groups in total. The van der Waals surface area contributed by atoms with Crippen molar-refractivity contribution in [3.05, 3.63) is 59.9 Å². The zero-order valence-electron chi connectivity index (χ0n) is 15.0. The molecule has 2 aromatic heterocycles. The number of rotatable bonds is 3. The monoisotopic (exact) mass is 392 g/mol. The summed E-state index contributed by atoms with van der Waals surface area (Å²) >= 11 is 1.40. The number of hydrogen-bond donors (Lipinski definition) is 1. The minimum Gasteiger partial charge on any atom is -0.486 e. The molecular formula is C20H16N4O3S. The molecule has 0 saturated carbocycles. The van der Waals surface area contributed by atoms with E-state index in [0.29, 0.717) is 35.4 Å². The van der Waals surface area contributed by atoms with Crippen LogP contribution in [0.25, 0.3) is 15.9 Å². The number of carbonyl (C=O) groups excluding carboxylic acids is 1. The van der Waals surface area contributed by atoms with Gasteiger partial charge >= 0.3 is 0 Å². The van der Waals surface area contributed by atoms with Crippen LogP contribution in [0.2, 0.25) is 0 Å². The van der Waals surface area contributed by atoms with Crippen LogP contribution in [-0.2, 0) is 0 Å². The second-order valence-electron chi connectivity index (χ2n) is 6.33. The number of para-hydroxylation sites is 1. The van der Waals surface area contributed by atoms with Crippen LogP contribution in [0.1, 0.15) is 16.1 Å². The number of fused-ring (bicyclic) bond motifs is 2. The van der Waals surface area contributed by atoms with Crippen molar-refractivity contribution in [3.63, 3.8) is 0 Å². The minimum absolute atomic E-state index is 0.240. The third kappa shape index (κ3) is 2.87. The highest BCUT2D eigenvalue weighted by Gasteiger charge is 2.19. The number of carbonyl (C=O) groups is 1. The van der Waals surface area contributed by atoms with Gasteiger partial charge in [0, 0.05) is 12.1 Å². The summed E-state index contributed by atoms with van der Waals surface area (Å²) in [5.41, 5.74) is 2.95. The number of thiazole rings is 1. The summed E-state index contributed by atoms with van der Waals surface area (Å²) in [5.74, 6) is 1.15. The second kappa shape index (κ2) is 6.65. The highest BCUT2D eigenvalue weighted by Crippen LogP contribution is 2.37. The highest BCUT2D eigenvalue weighted by atomic mass is 32.1. The van der Waals surface area contributed by atoms with Crippen LogP contribution >= 0.6 is 11.3 Å². The normalized spacial score (nSPS) is 12.9. The molecule has 4 aromatic rings. The molecule has 140 valence electrons. The molecule has 0 fully saturated rings. The third-order valence-electron chi connectivity index (χ3n) is 4.53. The lowest BCUT2D eigenvalue weighted by molar-refractivity contribution is 0.102. The lowest BCUT2D eigenvalue weighted by Gasteiger charge is -2.17. The Kier molecular flexibility index (Phi) is 3.98. The fourth-order valence-corrected chi connectivity index (χ4v) is 4.02. The maximum Gasteiger partial charge on any atom is 0.260 e. The molecule has 3 heterocycles. The van der Waals surface area contributed by atoms with Gasteiger partial charge in [-0.3, -0.25) is 10.1 Å². The maximum absolute atomic E-state index is 12.8. The lowest BCUT2D eigenvalue weighted by atomic mass is 10.2. The number of benzene rings is 2. The molecule has 0 atom stereocenters. The van der Waals surface area contributed by atoms with E-state index in [4.69, 9.17) is 9.47 Å². The molecule has 1 amide bonds. The molecule has 0 radical (unpaired) electrons. The van der Waals surface area contributed by atoms with E-state index in [2.05, 4.69) is 15.4 Å². The number of amides is 1. The van der Waals surface area contributed by atoms with Gasteiger partial charge in [0.1, 0.15) is 13.2 Å². The quantitative estimate of drug-likeness (QED) is 0.574. The van der Waals surface area contributed by atoms with E-state index in [1.165, 1.54) is 11.3 Å². The highest BCUT2D eigenvalue weighted by molar-refractivity contribution is 7.22. The van der Waals surface area contributed by atoms with Crippen molar-refractivity contribution in [1.29, 1.82) is 0 Å². The summed E-state index contributed by atoms with van der Waals surface area (Å²) in [6.07, 6.45) is 1.57. The van der Waals surface area contributed by atoms with Crippen LogP contribution in [-0.4, -0.2) is 33.9 Å². The molecule has 1 aliphatic heterocycles. The van der Waals surface area contributed by atoms with Gasteiger partial charge in [-0.1, -0.05) is 29.5 Å². The molecule has 7 nitrogen and oxygen atoms in total. The Bertz CT molecular complexity index is 1140. The fraction of sp³-hybridized carbons (Fsp3) is 0.150. The van der Waals surface area contributed by atoms with Crippen LogP contribution in [0.4, 0.5) is 5.13 Å². The van der Waals surface area contributed by atoms with Gasteiger partial charge in [0.25, 0.3) is 5.91 Å². The standard InChI is InChI=1S/C20H16N4O3S/c1-12-14(11-21-24(12)13-5-3-2-4-6-13)19(25)23-20-22-15-9-16-17(10-18(15)28-20)27-8-7-26-16/h2-6,9-11H,7-8H2,1H3,(H,22,23,25). The molecule has 5 rings (SSSR count). The van der Waals surface area contributed by atoms with Gasteiger partial charge in [0.15, 0.2) is 16.6 Å². The predicted octanol–water partition coefficient (Wildman–Crippen LogP) is 3.81. The van der Waals surface area contributed by atoms with Crippen molar-refractivity contribution in [1.82, 2.24) is 14.8 Å². The predicted molar refractivity (Wildman–Crippen MR) is 107 cm³/mol. The van der Waals surface area contributed by atoms with E-state index in [-0.39, 0.29) is 5.91 Å². The van der Waals surface area contributed by atoms with Crippen molar-refractivity contribution >= 4 is 32.6 Å². The molecule has 1 aliphatic rings. The Morgan fingerprint density at radius 3 is 2.68 bits per heavy atom. The molecular weight excluding hydrogens is 376 g/mol. The number of nitrogens with zero attached hydrogens (tertiary/aromatic N) is 3. The van der Waals surface area contributed by atoms with Crippen LogP contribution < -0.4 is 14.8 Å². The Hall–Kier alpha value is -3.39. The summed E-state index contributed by atoms with van der Waals surface area (Å²) < 4.78 is 13.9. The summed E-state index contributed by atoms with van der Waals surface area (Å²) in [7, 11) is 0. The van der Waals surface area contributed by atoms with E-state index in [1.54, 1.807) is 10.9 Å². The Morgan fingerprint density at radius 1 is 1.14 bits per heavy atom. The van der Waals surface area contributed by atoms with Gasteiger partial charge in [0.05, 0.1) is 33.4 Å². The topological polar surface area (TPSA) is 78.3 Å². The summed E-state index contributed by atoms with van der Waals surface area (Å²) in [4.78, 5) is 17.3. The number of nitrogens with one attached hydrogen (secondary N) is 1. The zero-order valence-corrected chi connectivity index (χ0v) is 15.8. The first-order valence-corrected chi connectivity index (χ1v) is 9.62. The van der Waals surface area contributed by atoms with Crippen molar-refractivity contribution in [2.24, 2.45) is 0 Å². The Morgan fingerprint density at radius 2 is 1.89 bits per heavy atom. The van der Waals surface area contributed by atoms with E-state index >= 15 is 0 Å². The molecule has 0 saturated heterocycles. The van der Waals surface area contributed by atoms with E-state index in [1.807, 2.05) is 49.4 Å². The van der Waals surface area contributed by atoms with Crippen LogP contribution in [0.5, 0.6) is 11.5 Å². The third-order valence-corrected chi connectivity index (χ3v) is 5.46. The smallest absolute Gasteiger partial charge is 0.260 e. The van der Waals surface area contributed by atoms with Gasteiger partial charge in [-0.15, -0.1) is 0 Å². The molecule has 28 heavy (non-hydrogen) atoms. The van der Waals surface area contributed by atoms with Crippen LogP contribution in [0.3, 0.4) is 0 Å². The molecule has 0 aliphatic carbocycles. The molecule has 0 unspecified atom stereocenters. The maximum atomic E-state index is 12.8. The first-order chi connectivity index (χ1) is 13.7. The molecule has 2 aromatic carbocycles. The average molecular weight is 392 g/mol. The largest absolute Gasteiger partial charge is 0.486 e. The molecule has 0 bridgehead atoms. The van der Waals surface area contributed by atoms with Crippen LogP contribution in [0.15, 0.2) is 48.7 Å². The van der Waals surface area contributed by atoms with Gasteiger partial charge in [0.2, 0.25) is 0 Å². The van der Waals surface area contributed by atoms with E-state index in [9.17, 15) is 4.79 Å².